The molecule has 0 aromatic rings. The monoisotopic (exact) mass is 130 g/mol. The zero-order chi connectivity index (χ0) is 6.57. The summed E-state index contributed by atoms with van der Waals surface area (Å²) in [5.41, 5.74) is 0. The Balaban J connectivity index is 3.39. The zero-order valence-corrected chi connectivity index (χ0v) is 3.57. The molecule has 0 aromatic heterocycles. The van der Waals surface area contributed by atoms with E-state index in [2.05, 4.69) is 4.74 Å². The average molecular weight is 130 g/mol. The lowest BCUT2D eigenvalue weighted by atomic mass is 11.0. The summed E-state index contributed by atoms with van der Waals surface area (Å²) in [5, 5.41) is 0. The predicted molar refractivity (Wildman–Crippen MR) is 17.4 cm³/mol. The van der Waals surface area contributed by atoms with Gasteiger partial charge in [-0.15, -0.1) is 0 Å². The van der Waals surface area contributed by atoms with Crippen LogP contribution in [-0.4, -0.2) is 6.61 Å². The summed E-state index contributed by atoms with van der Waals surface area (Å²) in [4.78, 5) is 0. The number of rotatable bonds is 2. The average Bonchev–Trinajstić information content (AvgIpc) is 1.65. The fourth-order valence-corrected chi connectivity index (χ4v) is 0.111. The maximum Gasteiger partial charge on any atom is 0.389 e. The van der Waals surface area contributed by atoms with Crippen molar-refractivity contribution in [3.05, 3.63) is 12.3 Å². The van der Waals surface area contributed by atoms with Crippen molar-refractivity contribution in [2.75, 3.05) is 0 Å². The van der Waals surface area contributed by atoms with Crippen LogP contribution in [0.4, 0.5) is 17.6 Å². The van der Waals surface area contributed by atoms with Crippen LogP contribution in [0.25, 0.3) is 0 Å². The van der Waals surface area contributed by atoms with Crippen LogP contribution in [0.15, 0.2) is 12.3 Å². The molecule has 0 N–H and O–H groups in total. The second kappa shape index (κ2) is 3.29. The molecular weight excluding hydrogens is 128 g/mol. The van der Waals surface area contributed by atoms with Gasteiger partial charge < -0.3 is 4.74 Å². The molecule has 5 heteroatoms. The highest BCUT2D eigenvalue weighted by atomic mass is 19.3. The normalized spacial score (nSPS) is 12.4. The second-order valence-electron chi connectivity index (χ2n) is 0.792. The smallest absolute Gasteiger partial charge is 0.389 e. The van der Waals surface area contributed by atoms with Crippen LogP contribution in [0.2, 0.25) is 0 Å². The van der Waals surface area contributed by atoms with Crippen LogP contribution in [0.3, 0.4) is 0 Å². The standard InChI is InChI=1S/C3H2F4O/c4-1-2(5)8-3(6)7/h1,3H/b2-1-. The van der Waals surface area contributed by atoms with E-state index in [1.165, 1.54) is 0 Å². The molecule has 48 valence electrons. The maximum absolute atomic E-state index is 11.2. The topological polar surface area (TPSA) is 9.23 Å². The molecule has 0 saturated carbocycles. The van der Waals surface area contributed by atoms with Crippen molar-refractivity contribution in [1.82, 2.24) is 0 Å². The summed E-state index contributed by atoms with van der Waals surface area (Å²) in [6, 6.07) is -1.92. The van der Waals surface area contributed by atoms with E-state index in [0.717, 1.165) is 0 Å². The number of alkyl halides is 2. The van der Waals surface area contributed by atoms with Crippen molar-refractivity contribution >= 4 is 0 Å². The van der Waals surface area contributed by atoms with Crippen molar-refractivity contribution < 1.29 is 22.3 Å². The summed E-state index contributed by atoms with van der Waals surface area (Å²) >= 11 is 0. The van der Waals surface area contributed by atoms with Crippen molar-refractivity contribution in [1.29, 1.82) is 0 Å². The van der Waals surface area contributed by atoms with Crippen molar-refractivity contribution in [2.45, 2.75) is 6.61 Å². The lowest BCUT2D eigenvalue weighted by molar-refractivity contribution is -0.116. The first-order valence-electron chi connectivity index (χ1n) is 1.57. The molecule has 8 heavy (non-hydrogen) atoms. The Morgan fingerprint density at radius 2 is 2.00 bits per heavy atom. The van der Waals surface area contributed by atoms with Gasteiger partial charge in [-0.1, -0.05) is 0 Å². The van der Waals surface area contributed by atoms with Gasteiger partial charge >= 0.3 is 12.6 Å². The Kier molecular flexibility index (Phi) is 2.98. The van der Waals surface area contributed by atoms with Crippen LogP contribution < -0.4 is 0 Å². The van der Waals surface area contributed by atoms with E-state index in [1.807, 2.05) is 0 Å². The molecule has 0 radical (unpaired) electrons. The van der Waals surface area contributed by atoms with Crippen molar-refractivity contribution in [3.63, 3.8) is 0 Å². The van der Waals surface area contributed by atoms with E-state index in [4.69, 9.17) is 0 Å². The fourth-order valence-electron chi connectivity index (χ4n) is 0.111. The van der Waals surface area contributed by atoms with Gasteiger partial charge in [-0.05, 0) is 0 Å². The van der Waals surface area contributed by atoms with Crippen LogP contribution in [-0.2, 0) is 4.74 Å². The lowest BCUT2D eigenvalue weighted by Crippen LogP contribution is -1.93. The summed E-state index contributed by atoms with van der Waals surface area (Å²) in [7, 11) is 0. The van der Waals surface area contributed by atoms with E-state index in [9.17, 15) is 17.6 Å². The van der Waals surface area contributed by atoms with Gasteiger partial charge in [-0.25, -0.2) is 4.39 Å². The molecular formula is C3H2F4O. The first kappa shape index (κ1) is 7.26. The molecule has 0 unspecified atom stereocenters. The third-order valence-corrected chi connectivity index (χ3v) is 0.287. The fraction of sp³-hybridized carbons (Fsp3) is 0.333. The van der Waals surface area contributed by atoms with Gasteiger partial charge in [0, 0.05) is 0 Å². The Hall–Kier alpha value is -0.740. The first-order chi connectivity index (χ1) is 3.66. The molecule has 0 aromatic carbocycles. The third-order valence-electron chi connectivity index (χ3n) is 0.287. The molecule has 0 aliphatic carbocycles. The third kappa shape index (κ3) is 3.45. The molecule has 1 nitrogen and oxygen atoms in total. The lowest BCUT2D eigenvalue weighted by Gasteiger charge is -1.95. The second-order valence-corrected chi connectivity index (χ2v) is 0.792. The van der Waals surface area contributed by atoms with Gasteiger partial charge in [-0.3, -0.25) is 0 Å². The van der Waals surface area contributed by atoms with Gasteiger partial charge in [0.05, 0.1) is 0 Å². The molecule has 0 amide bonds. The summed E-state index contributed by atoms with van der Waals surface area (Å²) in [5.74, 6) is 0. The van der Waals surface area contributed by atoms with Crippen molar-refractivity contribution in [2.24, 2.45) is 0 Å². The number of hydrogen-bond acceptors (Lipinski definition) is 1. The summed E-state index contributed by atoms with van der Waals surface area (Å²) in [6.45, 7) is -3.30. The van der Waals surface area contributed by atoms with Crippen LogP contribution in [0, 0.1) is 0 Å². The minimum absolute atomic E-state index is 0.688. The van der Waals surface area contributed by atoms with Crippen LogP contribution in [0.5, 0.6) is 0 Å². The maximum atomic E-state index is 11.2. The number of hydrogen-bond donors (Lipinski definition) is 0. The Labute approximate surface area is 42.6 Å². The Morgan fingerprint density at radius 3 is 2.12 bits per heavy atom. The highest BCUT2D eigenvalue weighted by Crippen LogP contribution is 2.05. The molecule has 0 atom stereocenters. The predicted octanol–water partition coefficient (Wildman–Crippen LogP) is 1.96. The van der Waals surface area contributed by atoms with Gasteiger partial charge in [0.2, 0.25) is 0 Å². The first-order valence-corrected chi connectivity index (χ1v) is 1.57. The van der Waals surface area contributed by atoms with E-state index in [0.29, 0.717) is 0 Å². The summed E-state index contributed by atoms with van der Waals surface area (Å²) < 4.78 is 46.4. The minimum Gasteiger partial charge on any atom is -0.407 e. The molecule has 0 aliphatic heterocycles. The molecule has 0 spiro atoms. The largest absolute Gasteiger partial charge is 0.407 e. The molecule has 0 bridgehead atoms. The van der Waals surface area contributed by atoms with Crippen LogP contribution in [0.1, 0.15) is 0 Å². The van der Waals surface area contributed by atoms with Crippen LogP contribution >= 0.6 is 0 Å². The highest BCUT2D eigenvalue weighted by Gasteiger charge is 2.04. The van der Waals surface area contributed by atoms with Gasteiger partial charge in [0.15, 0.2) is 6.33 Å². The van der Waals surface area contributed by atoms with E-state index in [1.54, 1.807) is 0 Å². The molecule has 0 saturated heterocycles. The van der Waals surface area contributed by atoms with Gasteiger partial charge in [-0.2, -0.15) is 13.2 Å². The molecule has 0 fully saturated rings. The highest BCUT2D eigenvalue weighted by molar-refractivity contribution is 4.69. The molecule has 0 aliphatic rings. The van der Waals surface area contributed by atoms with Gasteiger partial charge in [0.25, 0.3) is 0 Å². The molecule has 0 heterocycles. The van der Waals surface area contributed by atoms with E-state index in [-0.39, 0.29) is 0 Å². The van der Waals surface area contributed by atoms with E-state index < -0.39 is 19.0 Å². The van der Waals surface area contributed by atoms with E-state index >= 15 is 0 Å². The Morgan fingerprint density at radius 1 is 1.50 bits per heavy atom. The SMILES string of the molecule is F/C=C(/F)OC(F)F. The van der Waals surface area contributed by atoms with Gasteiger partial charge in [0.1, 0.15) is 0 Å². The Bertz CT molecular complexity index is 89.3. The summed E-state index contributed by atoms with van der Waals surface area (Å²) in [6.07, 6.45) is -0.688. The zero-order valence-electron chi connectivity index (χ0n) is 3.57. The number of ether oxygens (including phenoxy) is 1. The van der Waals surface area contributed by atoms with Crippen molar-refractivity contribution in [3.8, 4) is 0 Å². The molecule has 0 rings (SSSR count). The number of halogens is 4. The minimum atomic E-state index is -3.30. The quantitative estimate of drug-likeness (QED) is 0.410.